The predicted octanol–water partition coefficient (Wildman–Crippen LogP) is 3.51. The van der Waals surface area contributed by atoms with E-state index in [0.717, 1.165) is 13.1 Å². The van der Waals surface area contributed by atoms with Crippen LogP contribution in [0.2, 0.25) is 0 Å². The minimum Gasteiger partial charge on any atom is -0.478 e. The number of para-hydroxylation sites is 1. The van der Waals surface area contributed by atoms with E-state index in [1.165, 1.54) is 25.7 Å². The molecule has 2 aromatic rings. The predicted molar refractivity (Wildman–Crippen MR) is 76.9 cm³/mol. The summed E-state index contributed by atoms with van der Waals surface area (Å²) in [4.78, 5) is 13.8. The molecule has 4 nitrogen and oxygen atoms in total. The molecule has 20 heavy (non-hydrogen) atoms. The van der Waals surface area contributed by atoms with Crippen molar-refractivity contribution in [2.75, 3.05) is 13.1 Å². The van der Waals surface area contributed by atoms with Gasteiger partial charge in [-0.05, 0) is 32.0 Å². The largest absolute Gasteiger partial charge is 0.478 e. The summed E-state index contributed by atoms with van der Waals surface area (Å²) in [6, 6.07) is 7.36. The standard InChI is InChI=1S/C16H19NO3/c18-16(19)15-12-7-3-4-8-13(12)20-14(15)11-17-9-5-1-2-6-10-17/h3-4,7-8H,1-2,5-6,9-11H2,(H,18,19). The van der Waals surface area contributed by atoms with Crippen molar-refractivity contribution in [2.45, 2.75) is 32.2 Å². The van der Waals surface area contributed by atoms with Crippen LogP contribution in [0.3, 0.4) is 0 Å². The summed E-state index contributed by atoms with van der Waals surface area (Å²) in [7, 11) is 0. The molecule has 0 radical (unpaired) electrons. The topological polar surface area (TPSA) is 53.7 Å². The monoisotopic (exact) mass is 273 g/mol. The molecule has 1 aliphatic heterocycles. The molecule has 1 aromatic heterocycles. The zero-order valence-corrected chi connectivity index (χ0v) is 11.5. The van der Waals surface area contributed by atoms with Crippen LogP contribution in [0.5, 0.6) is 0 Å². The van der Waals surface area contributed by atoms with Crippen LogP contribution in [0, 0.1) is 0 Å². The van der Waals surface area contributed by atoms with E-state index in [4.69, 9.17) is 4.42 Å². The van der Waals surface area contributed by atoms with E-state index >= 15 is 0 Å². The second kappa shape index (κ2) is 5.67. The Bertz CT molecular complexity index is 609. The molecule has 0 unspecified atom stereocenters. The molecule has 3 rings (SSSR count). The fourth-order valence-corrected chi connectivity index (χ4v) is 2.94. The molecular weight excluding hydrogens is 254 g/mol. The Hall–Kier alpha value is -1.81. The Balaban J connectivity index is 1.93. The molecule has 1 aliphatic rings. The number of carboxylic acids is 1. The first-order valence-corrected chi connectivity index (χ1v) is 7.22. The summed E-state index contributed by atoms with van der Waals surface area (Å²) in [6.45, 7) is 2.64. The lowest BCUT2D eigenvalue weighted by Gasteiger charge is -2.18. The maximum absolute atomic E-state index is 11.5. The molecule has 0 bridgehead atoms. The van der Waals surface area contributed by atoms with E-state index in [2.05, 4.69) is 4.90 Å². The maximum Gasteiger partial charge on any atom is 0.339 e. The summed E-state index contributed by atoms with van der Waals surface area (Å²) in [5.74, 6) is -0.319. The second-order valence-electron chi connectivity index (χ2n) is 5.39. The minimum absolute atomic E-state index is 0.324. The lowest BCUT2D eigenvalue weighted by Crippen LogP contribution is -2.24. The van der Waals surface area contributed by atoms with Crippen molar-refractivity contribution in [3.8, 4) is 0 Å². The first kappa shape index (κ1) is 13.2. The zero-order chi connectivity index (χ0) is 13.9. The van der Waals surface area contributed by atoms with E-state index in [0.29, 0.717) is 28.8 Å². The molecule has 106 valence electrons. The Morgan fingerprint density at radius 3 is 2.55 bits per heavy atom. The fourth-order valence-electron chi connectivity index (χ4n) is 2.94. The van der Waals surface area contributed by atoms with Gasteiger partial charge in [-0.1, -0.05) is 31.0 Å². The van der Waals surface area contributed by atoms with Gasteiger partial charge in [0.2, 0.25) is 0 Å². The molecule has 1 aromatic carbocycles. The van der Waals surface area contributed by atoms with Gasteiger partial charge < -0.3 is 9.52 Å². The van der Waals surface area contributed by atoms with Crippen molar-refractivity contribution in [3.63, 3.8) is 0 Å². The van der Waals surface area contributed by atoms with Gasteiger partial charge in [-0.25, -0.2) is 4.79 Å². The summed E-state index contributed by atoms with van der Waals surface area (Å²) in [6.07, 6.45) is 4.90. The quantitative estimate of drug-likeness (QED) is 0.929. The average Bonchev–Trinajstić information content (AvgIpc) is 2.60. The highest BCUT2D eigenvalue weighted by atomic mass is 16.4. The third-order valence-electron chi connectivity index (χ3n) is 3.95. The number of likely N-dealkylation sites (tertiary alicyclic amines) is 1. The van der Waals surface area contributed by atoms with Crippen molar-refractivity contribution in [2.24, 2.45) is 0 Å². The molecule has 0 saturated carbocycles. The van der Waals surface area contributed by atoms with E-state index in [9.17, 15) is 9.90 Å². The van der Waals surface area contributed by atoms with Gasteiger partial charge in [-0.2, -0.15) is 0 Å². The first-order valence-electron chi connectivity index (χ1n) is 7.22. The molecule has 1 fully saturated rings. The molecular formula is C16H19NO3. The summed E-state index contributed by atoms with van der Waals surface area (Å²) >= 11 is 0. The van der Waals surface area contributed by atoms with E-state index in [1.54, 1.807) is 0 Å². The van der Waals surface area contributed by atoms with Crippen molar-refractivity contribution in [1.29, 1.82) is 0 Å². The number of benzene rings is 1. The Morgan fingerprint density at radius 2 is 1.85 bits per heavy atom. The summed E-state index contributed by atoms with van der Waals surface area (Å²) < 4.78 is 5.78. The van der Waals surface area contributed by atoms with Crippen LogP contribution in [0.25, 0.3) is 11.0 Å². The van der Waals surface area contributed by atoms with Crippen LogP contribution in [-0.4, -0.2) is 29.1 Å². The molecule has 0 spiro atoms. The Labute approximate surface area is 118 Å². The van der Waals surface area contributed by atoms with Gasteiger partial charge in [0.1, 0.15) is 16.9 Å². The Kier molecular flexibility index (Phi) is 3.74. The van der Waals surface area contributed by atoms with Crippen LogP contribution in [0.4, 0.5) is 0 Å². The molecule has 1 N–H and O–H groups in total. The number of hydrogen-bond acceptors (Lipinski definition) is 3. The molecule has 4 heteroatoms. The third-order valence-corrected chi connectivity index (χ3v) is 3.95. The van der Waals surface area contributed by atoms with Gasteiger partial charge >= 0.3 is 5.97 Å². The van der Waals surface area contributed by atoms with Crippen LogP contribution < -0.4 is 0 Å². The van der Waals surface area contributed by atoms with Gasteiger partial charge in [-0.15, -0.1) is 0 Å². The lowest BCUT2D eigenvalue weighted by atomic mass is 10.1. The highest BCUT2D eigenvalue weighted by Crippen LogP contribution is 2.27. The molecule has 0 atom stereocenters. The number of furan rings is 1. The van der Waals surface area contributed by atoms with Gasteiger partial charge in [0.05, 0.1) is 6.54 Å². The number of carboxylic acid groups (broad SMARTS) is 1. The van der Waals surface area contributed by atoms with Crippen molar-refractivity contribution in [1.82, 2.24) is 4.90 Å². The van der Waals surface area contributed by atoms with E-state index < -0.39 is 5.97 Å². The van der Waals surface area contributed by atoms with Gasteiger partial charge in [0.25, 0.3) is 0 Å². The van der Waals surface area contributed by atoms with Gasteiger partial charge in [0, 0.05) is 5.39 Å². The third kappa shape index (κ3) is 2.56. The number of carbonyl (C=O) groups is 1. The number of rotatable bonds is 3. The highest BCUT2D eigenvalue weighted by molar-refractivity contribution is 6.03. The van der Waals surface area contributed by atoms with E-state index in [1.807, 2.05) is 24.3 Å². The van der Waals surface area contributed by atoms with Gasteiger partial charge in [-0.3, -0.25) is 4.90 Å². The number of nitrogens with zero attached hydrogens (tertiary/aromatic N) is 1. The summed E-state index contributed by atoms with van der Waals surface area (Å²) in [5.41, 5.74) is 0.986. The average molecular weight is 273 g/mol. The first-order chi connectivity index (χ1) is 9.75. The number of hydrogen-bond donors (Lipinski definition) is 1. The maximum atomic E-state index is 11.5. The molecule has 2 heterocycles. The molecule has 0 amide bonds. The molecule has 0 aliphatic carbocycles. The van der Waals surface area contributed by atoms with Crippen LogP contribution in [0.15, 0.2) is 28.7 Å². The van der Waals surface area contributed by atoms with Crippen LogP contribution in [0.1, 0.15) is 41.8 Å². The fraction of sp³-hybridized carbons (Fsp3) is 0.438. The zero-order valence-electron chi connectivity index (χ0n) is 11.5. The second-order valence-corrected chi connectivity index (χ2v) is 5.39. The van der Waals surface area contributed by atoms with Crippen molar-refractivity contribution in [3.05, 3.63) is 35.6 Å². The van der Waals surface area contributed by atoms with Crippen LogP contribution >= 0.6 is 0 Å². The number of fused-ring (bicyclic) bond motifs is 1. The smallest absolute Gasteiger partial charge is 0.339 e. The SMILES string of the molecule is O=C(O)c1c(CN2CCCCCC2)oc2ccccc12. The summed E-state index contributed by atoms with van der Waals surface area (Å²) in [5, 5.41) is 10.2. The van der Waals surface area contributed by atoms with Gasteiger partial charge in [0.15, 0.2) is 0 Å². The van der Waals surface area contributed by atoms with Crippen molar-refractivity contribution >= 4 is 16.9 Å². The van der Waals surface area contributed by atoms with E-state index in [-0.39, 0.29) is 0 Å². The normalized spacial score (nSPS) is 17.2. The lowest BCUT2D eigenvalue weighted by molar-refractivity contribution is 0.0694. The highest BCUT2D eigenvalue weighted by Gasteiger charge is 2.22. The van der Waals surface area contributed by atoms with Crippen molar-refractivity contribution < 1.29 is 14.3 Å². The molecule has 1 saturated heterocycles. The Morgan fingerprint density at radius 1 is 1.15 bits per heavy atom. The van der Waals surface area contributed by atoms with Crippen LogP contribution in [-0.2, 0) is 6.54 Å². The minimum atomic E-state index is -0.903. The number of aromatic carboxylic acids is 1.